The molecule has 0 aliphatic carbocycles. The highest BCUT2D eigenvalue weighted by atomic mass is 32.1. The lowest BCUT2D eigenvalue weighted by molar-refractivity contribution is -0.149. The molecule has 2 N–H and O–H groups in total. The Hall–Kier alpha value is 0.0900. The van der Waals surface area contributed by atoms with Crippen LogP contribution in [0.15, 0.2) is 0 Å². The molecule has 0 saturated heterocycles. The average Bonchev–Trinajstić information content (AvgIpc) is 2.13. The van der Waals surface area contributed by atoms with Crippen molar-refractivity contribution in [3.05, 3.63) is 0 Å². The Labute approximate surface area is 88.1 Å². The number of aliphatic hydroxyl groups excluding tert-OH is 2. The van der Waals surface area contributed by atoms with Crippen LogP contribution in [0.1, 0.15) is 6.92 Å². The third-order valence-corrected chi connectivity index (χ3v) is 2.59. The highest BCUT2D eigenvalue weighted by Gasteiger charge is 2.29. The fourth-order valence-electron chi connectivity index (χ4n) is 0.445. The van der Waals surface area contributed by atoms with Gasteiger partial charge in [-0.15, -0.1) is 0 Å². The summed E-state index contributed by atoms with van der Waals surface area (Å²) in [5, 5.41) is 17.3. The van der Waals surface area contributed by atoms with Crippen LogP contribution in [0.25, 0.3) is 0 Å². The van der Waals surface area contributed by atoms with E-state index in [0.29, 0.717) is 0 Å². The molecule has 0 heterocycles. The molecule has 78 valence electrons. The molecule has 0 aliphatic rings. The van der Waals surface area contributed by atoms with Crippen LogP contribution in [0.2, 0.25) is 0 Å². The minimum absolute atomic E-state index is 0.223. The molecule has 13 heavy (non-hydrogen) atoms. The zero-order chi connectivity index (χ0) is 10.5. The smallest absolute Gasteiger partial charge is 0.322 e. The molecule has 0 aliphatic heterocycles. The summed E-state index contributed by atoms with van der Waals surface area (Å²) in [6.45, 7) is 0.910. The molecule has 0 spiro atoms. The first-order valence-corrected chi connectivity index (χ1v) is 4.81. The minimum atomic E-state index is -1.03. The summed E-state index contributed by atoms with van der Waals surface area (Å²) in [6, 6.07) is 0. The second-order valence-corrected chi connectivity index (χ2v) is 4.17. The van der Waals surface area contributed by atoms with Gasteiger partial charge in [0.1, 0.15) is 17.5 Å². The van der Waals surface area contributed by atoms with Gasteiger partial charge in [0.15, 0.2) is 0 Å². The second-order valence-electron chi connectivity index (χ2n) is 2.87. The lowest BCUT2D eigenvalue weighted by atomic mass is 10.2. The standard InChI is InChI=1S/C7H14O4S2/c1-7(13,4-12)6(10)11-3-5(9)2-8/h5,8-9,12-13H,2-4H2,1H3. The van der Waals surface area contributed by atoms with Crippen molar-refractivity contribution in [1.29, 1.82) is 0 Å². The first-order chi connectivity index (χ1) is 5.94. The Morgan fingerprint density at radius 2 is 2.23 bits per heavy atom. The van der Waals surface area contributed by atoms with Crippen molar-refractivity contribution in [2.24, 2.45) is 0 Å². The molecule has 2 unspecified atom stereocenters. The Balaban J connectivity index is 3.88. The van der Waals surface area contributed by atoms with Crippen molar-refractivity contribution in [1.82, 2.24) is 0 Å². The van der Waals surface area contributed by atoms with Crippen LogP contribution in [0.3, 0.4) is 0 Å². The van der Waals surface area contributed by atoms with Crippen molar-refractivity contribution in [3.8, 4) is 0 Å². The Morgan fingerprint density at radius 3 is 2.62 bits per heavy atom. The van der Waals surface area contributed by atoms with Crippen LogP contribution in [0, 0.1) is 0 Å². The quantitative estimate of drug-likeness (QED) is 0.377. The third-order valence-electron chi connectivity index (χ3n) is 1.37. The molecule has 0 amide bonds. The maximum atomic E-state index is 11.2. The predicted molar refractivity (Wildman–Crippen MR) is 55.3 cm³/mol. The fraction of sp³-hybridized carbons (Fsp3) is 0.857. The molecule has 6 heteroatoms. The normalized spacial score (nSPS) is 17.6. The SMILES string of the molecule is CC(S)(CS)C(=O)OCC(O)CO. The number of rotatable bonds is 5. The van der Waals surface area contributed by atoms with Crippen molar-refractivity contribution in [3.63, 3.8) is 0 Å². The number of carbonyl (C=O) groups is 1. The Kier molecular flexibility index (Phi) is 5.78. The molecule has 2 atom stereocenters. The van der Waals surface area contributed by atoms with E-state index < -0.39 is 23.4 Å². The van der Waals surface area contributed by atoms with Gasteiger partial charge in [-0.2, -0.15) is 25.3 Å². The summed E-state index contributed by atoms with van der Waals surface area (Å²) in [6.07, 6.45) is -1.03. The first kappa shape index (κ1) is 13.1. The van der Waals surface area contributed by atoms with Gasteiger partial charge in [0, 0.05) is 5.75 Å². The molecule has 0 aromatic heterocycles. The van der Waals surface area contributed by atoms with Gasteiger partial charge in [-0.05, 0) is 6.92 Å². The second kappa shape index (κ2) is 5.74. The van der Waals surface area contributed by atoms with Crippen LogP contribution in [0.5, 0.6) is 0 Å². The number of esters is 1. The molecular weight excluding hydrogens is 212 g/mol. The summed E-state index contributed by atoms with van der Waals surface area (Å²) >= 11 is 7.94. The Bertz CT molecular complexity index is 172. The van der Waals surface area contributed by atoms with Gasteiger partial charge < -0.3 is 14.9 Å². The van der Waals surface area contributed by atoms with E-state index in [9.17, 15) is 4.79 Å². The van der Waals surface area contributed by atoms with E-state index in [2.05, 4.69) is 30.0 Å². The molecule has 0 aromatic rings. The van der Waals surface area contributed by atoms with Gasteiger partial charge >= 0.3 is 5.97 Å². The van der Waals surface area contributed by atoms with Crippen LogP contribution in [-0.4, -0.2) is 46.0 Å². The van der Waals surface area contributed by atoms with Gasteiger partial charge in [-0.25, -0.2) is 0 Å². The van der Waals surface area contributed by atoms with E-state index in [1.54, 1.807) is 6.92 Å². The van der Waals surface area contributed by atoms with Gasteiger partial charge in [-0.1, -0.05) is 0 Å². The van der Waals surface area contributed by atoms with Crippen LogP contribution in [0.4, 0.5) is 0 Å². The predicted octanol–water partition coefficient (Wildman–Crippen LogP) is -0.499. The lowest BCUT2D eigenvalue weighted by Gasteiger charge is -2.19. The number of thiol groups is 2. The molecule has 4 nitrogen and oxygen atoms in total. The molecular formula is C7H14O4S2. The molecule has 0 bridgehead atoms. The number of carbonyl (C=O) groups excluding carboxylic acids is 1. The van der Waals surface area contributed by atoms with Crippen LogP contribution >= 0.6 is 25.3 Å². The molecule has 0 rings (SSSR count). The van der Waals surface area contributed by atoms with Crippen LogP contribution < -0.4 is 0 Å². The maximum Gasteiger partial charge on any atom is 0.322 e. The monoisotopic (exact) mass is 226 g/mol. The molecule has 0 saturated carbocycles. The number of ether oxygens (including phenoxy) is 1. The number of hydrogen-bond acceptors (Lipinski definition) is 6. The third kappa shape index (κ3) is 4.75. The number of aliphatic hydroxyl groups is 2. The number of hydrogen-bond donors (Lipinski definition) is 4. The molecule has 0 fully saturated rings. The van der Waals surface area contributed by atoms with E-state index in [1.165, 1.54) is 0 Å². The van der Waals surface area contributed by atoms with E-state index in [4.69, 9.17) is 10.2 Å². The summed E-state index contributed by atoms with van der Waals surface area (Å²) in [5.74, 6) is -0.317. The van der Waals surface area contributed by atoms with Gasteiger partial charge in [0.05, 0.1) is 6.61 Å². The van der Waals surface area contributed by atoms with Crippen molar-refractivity contribution in [2.75, 3.05) is 19.0 Å². The van der Waals surface area contributed by atoms with E-state index in [-0.39, 0.29) is 12.4 Å². The summed E-state index contributed by atoms with van der Waals surface area (Å²) in [5.41, 5.74) is 0. The summed E-state index contributed by atoms with van der Waals surface area (Å²) in [7, 11) is 0. The molecule has 0 radical (unpaired) electrons. The average molecular weight is 226 g/mol. The topological polar surface area (TPSA) is 66.8 Å². The van der Waals surface area contributed by atoms with E-state index in [0.717, 1.165) is 0 Å². The minimum Gasteiger partial charge on any atom is -0.462 e. The highest BCUT2D eigenvalue weighted by molar-refractivity contribution is 7.86. The summed E-state index contributed by atoms with van der Waals surface area (Å²) < 4.78 is 3.72. The largest absolute Gasteiger partial charge is 0.462 e. The van der Waals surface area contributed by atoms with E-state index >= 15 is 0 Å². The van der Waals surface area contributed by atoms with Gasteiger partial charge in [0.2, 0.25) is 0 Å². The maximum absolute atomic E-state index is 11.2. The van der Waals surface area contributed by atoms with Crippen LogP contribution in [-0.2, 0) is 9.53 Å². The van der Waals surface area contributed by atoms with Gasteiger partial charge in [-0.3, -0.25) is 4.79 Å². The first-order valence-electron chi connectivity index (χ1n) is 3.73. The van der Waals surface area contributed by atoms with Crippen molar-refractivity contribution < 1.29 is 19.7 Å². The van der Waals surface area contributed by atoms with E-state index in [1.807, 2.05) is 0 Å². The fourth-order valence-corrected chi connectivity index (χ4v) is 0.638. The van der Waals surface area contributed by atoms with Gasteiger partial charge in [0.25, 0.3) is 0 Å². The highest BCUT2D eigenvalue weighted by Crippen LogP contribution is 2.17. The zero-order valence-corrected chi connectivity index (χ0v) is 9.09. The summed E-state index contributed by atoms with van der Waals surface area (Å²) in [4.78, 5) is 11.2. The Morgan fingerprint density at radius 1 is 1.69 bits per heavy atom. The van der Waals surface area contributed by atoms with Crippen molar-refractivity contribution in [2.45, 2.75) is 17.8 Å². The zero-order valence-electron chi connectivity index (χ0n) is 7.30. The lowest BCUT2D eigenvalue weighted by Crippen LogP contribution is -2.35. The van der Waals surface area contributed by atoms with Crippen molar-refractivity contribution >= 4 is 31.2 Å². The molecule has 0 aromatic carbocycles.